The Kier molecular flexibility index (Phi) is 8.55. The molecule has 1 saturated heterocycles. The standard InChI is InChI=1S/C28H36N4O5/c1-5-36-27(33)25-24(18-31-14-16-32(17-15-31)21-8-12-22(35-4)13-9-21)29-28(34)30-26(25)20-6-10-23(11-7-20)37-19(2)3/h6-13,19,26H,5,14-18H2,1-4H3,(H2,29,30,34)/t26-/m0/s1. The summed E-state index contributed by atoms with van der Waals surface area (Å²) >= 11 is 0. The summed E-state index contributed by atoms with van der Waals surface area (Å²) in [7, 11) is 1.66. The van der Waals surface area contributed by atoms with E-state index in [0.717, 1.165) is 48.9 Å². The van der Waals surface area contributed by atoms with Crippen molar-refractivity contribution in [1.29, 1.82) is 0 Å². The van der Waals surface area contributed by atoms with Crippen LogP contribution in [0.2, 0.25) is 0 Å². The third-order valence-electron chi connectivity index (χ3n) is 6.43. The molecule has 0 radical (unpaired) electrons. The van der Waals surface area contributed by atoms with Crippen molar-refractivity contribution in [3.8, 4) is 11.5 Å². The molecular weight excluding hydrogens is 472 g/mol. The van der Waals surface area contributed by atoms with E-state index in [9.17, 15) is 9.59 Å². The third kappa shape index (κ3) is 6.54. The zero-order valence-corrected chi connectivity index (χ0v) is 22.0. The quantitative estimate of drug-likeness (QED) is 0.501. The smallest absolute Gasteiger partial charge is 0.338 e. The molecule has 0 aromatic heterocycles. The Morgan fingerprint density at radius 1 is 1.00 bits per heavy atom. The minimum absolute atomic E-state index is 0.0520. The second kappa shape index (κ2) is 12.0. The van der Waals surface area contributed by atoms with E-state index in [1.165, 1.54) is 0 Å². The van der Waals surface area contributed by atoms with Crippen molar-refractivity contribution >= 4 is 17.7 Å². The molecule has 2 aromatic rings. The Morgan fingerprint density at radius 3 is 2.24 bits per heavy atom. The van der Waals surface area contributed by atoms with Gasteiger partial charge >= 0.3 is 12.0 Å². The van der Waals surface area contributed by atoms with Crippen molar-refractivity contribution in [2.45, 2.75) is 32.9 Å². The molecule has 2 amide bonds. The maximum absolute atomic E-state index is 13.1. The Balaban J connectivity index is 1.52. The number of carbonyl (C=O) groups is 2. The van der Waals surface area contributed by atoms with Gasteiger partial charge in [-0.05, 0) is 62.7 Å². The number of rotatable bonds is 9. The minimum atomic E-state index is -0.614. The zero-order chi connectivity index (χ0) is 26.4. The number of nitrogens with zero attached hydrogens (tertiary/aromatic N) is 2. The third-order valence-corrected chi connectivity index (χ3v) is 6.43. The van der Waals surface area contributed by atoms with E-state index >= 15 is 0 Å². The SMILES string of the molecule is CCOC(=O)C1=C(CN2CCN(c3ccc(OC)cc3)CC2)NC(=O)N[C@H]1c1ccc(OC(C)C)cc1. The number of piperazine rings is 1. The van der Waals surface area contributed by atoms with Gasteiger partial charge < -0.3 is 29.7 Å². The van der Waals surface area contributed by atoms with Gasteiger partial charge in [0.1, 0.15) is 11.5 Å². The first kappa shape index (κ1) is 26.3. The molecule has 2 aliphatic heterocycles. The van der Waals surface area contributed by atoms with Gasteiger partial charge in [-0.25, -0.2) is 9.59 Å². The summed E-state index contributed by atoms with van der Waals surface area (Å²) in [6.45, 7) is 9.65. The monoisotopic (exact) mass is 508 g/mol. The van der Waals surface area contributed by atoms with E-state index in [4.69, 9.17) is 14.2 Å². The first-order chi connectivity index (χ1) is 17.9. The van der Waals surface area contributed by atoms with Crippen LogP contribution in [-0.4, -0.2) is 69.4 Å². The lowest BCUT2D eigenvalue weighted by molar-refractivity contribution is -0.139. The van der Waals surface area contributed by atoms with Crippen molar-refractivity contribution in [2.24, 2.45) is 0 Å². The molecule has 0 unspecified atom stereocenters. The lowest BCUT2D eigenvalue weighted by Gasteiger charge is -2.38. The number of ether oxygens (including phenoxy) is 3. The number of carbonyl (C=O) groups excluding carboxylic acids is 2. The molecule has 37 heavy (non-hydrogen) atoms. The first-order valence-electron chi connectivity index (χ1n) is 12.7. The number of hydrogen-bond acceptors (Lipinski definition) is 7. The molecule has 9 heteroatoms. The minimum Gasteiger partial charge on any atom is -0.497 e. The normalized spacial score (nSPS) is 18.4. The largest absolute Gasteiger partial charge is 0.497 e. The number of amides is 2. The zero-order valence-electron chi connectivity index (χ0n) is 22.0. The van der Waals surface area contributed by atoms with Crippen LogP contribution in [-0.2, 0) is 9.53 Å². The lowest BCUT2D eigenvalue weighted by atomic mass is 9.94. The van der Waals surface area contributed by atoms with Crippen LogP contribution in [0.25, 0.3) is 0 Å². The van der Waals surface area contributed by atoms with E-state index in [2.05, 4.69) is 32.6 Å². The number of hydrogen-bond donors (Lipinski definition) is 2. The molecule has 1 atom stereocenters. The summed E-state index contributed by atoms with van der Waals surface area (Å²) < 4.78 is 16.4. The van der Waals surface area contributed by atoms with Gasteiger partial charge in [0, 0.05) is 44.1 Å². The van der Waals surface area contributed by atoms with Gasteiger partial charge in [-0.1, -0.05) is 12.1 Å². The lowest BCUT2D eigenvalue weighted by Crippen LogP contribution is -2.51. The summed E-state index contributed by atoms with van der Waals surface area (Å²) in [6.07, 6.45) is 0.0520. The van der Waals surface area contributed by atoms with Gasteiger partial charge in [-0.15, -0.1) is 0 Å². The van der Waals surface area contributed by atoms with Crippen LogP contribution in [0, 0.1) is 0 Å². The molecule has 0 saturated carbocycles. The second-order valence-corrected chi connectivity index (χ2v) is 9.34. The fraction of sp³-hybridized carbons (Fsp3) is 0.429. The van der Waals surface area contributed by atoms with Gasteiger partial charge in [0.05, 0.1) is 31.4 Å². The molecule has 0 aliphatic carbocycles. The van der Waals surface area contributed by atoms with Crippen LogP contribution in [0.3, 0.4) is 0 Å². The van der Waals surface area contributed by atoms with Crippen molar-refractivity contribution < 1.29 is 23.8 Å². The molecule has 2 heterocycles. The van der Waals surface area contributed by atoms with Crippen LogP contribution in [0.1, 0.15) is 32.4 Å². The fourth-order valence-electron chi connectivity index (χ4n) is 4.63. The van der Waals surface area contributed by atoms with E-state index < -0.39 is 12.0 Å². The number of benzene rings is 2. The van der Waals surface area contributed by atoms with Crippen molar-refractivity contribution in [1.82, 2.24) is 15.5 Å². The highest BCUT2D eigenvalue weighted by Gasteiger charge is 2.34. The highest BCUT2D eigenvalue weighted by atomic mass is 16.5. The molecule has 9 nitrogen and oxygen atoms in total. The molecular formula is C28H36N4O5. The number of esters is 1. The molecule has 1 fully saturated rings. The number of nitrogens with one attached hydrogen (secondary N) is 2. The Bertz CT molecular complexity index is 1110. The van der Waals surface area contributed by atoms with Crippen molar-refractivity contribution in [2.75, 3.05) is 51.3 Å². The topological polar surface area (TPSA) is 92.4 Å². The van der Waals surface area contributed by atoms with Crippen LogP contribution < -0.4 is 25.0 Å². The average molecular weight is 509 g/mol. The number of methoxy groups -OCH3 is 1. The predicted molar refractivity (Wildman–Crippen MR) is 142 cm³/mol. The number of anilines is 1. The molecule has 198 valence electrons. The van der Waals surface area contributed by atoms with Crippen molar-refractivity contribution in [3.63, 3.8) is 0 Å². The molecule has 2 aliphatic rings. The highest BCUT2D eigenvalue weighted by Crippen LogP contribution is 2.30. The maximum atomic E-state index is 13.1. The summed E-state index contributed by atoms with van der Waals surface area (Å²) in [5.41, 5.74) is 2.94. The van der Waals surface area contributed by atoms with Gasteiger partial charge in [-0.2, -0.15) is 0 Å². The average Bonchev–Trinajstić information content (AvgIpc) is 2.89. The van der Waals surface area contributed by atoms with Crippen LogP contribution in [0.15, 0.2) is 59.8 Å². The summed E-state index contributed by atoms with van der Waals surface area (Å²) in [6, 6.07) is 14.5. The van der Waals surface area contributed by atoms with Crippen LogP contribution >= 0.6 is 0 Å². The number of urea groups is 1. The predicted octanol–water partition coefficient (Wildman–Crippen LogP) is 3.48. The summed E-state index contributed by atoms with van der Waals surface area (Å²) in [4.78, 5) is 30.3. The highest BCUT2D eigenvalue weighted by molar-refractivity contribution is 5.95. The van der Waals surface area contributed by atoms with Gasteiger partial charge in [0.25, 0.3) is 0 Å². The Morgan fingerprint density at radius 2 is 1.65 bits per heavy atom. The molecule has 4 rings (SSSR count). The summed E-state index contributed by atoms with van der Waals surface area (Å²) in [5.74, 6) is 1.13. The van der Waals surface area contributed by atoms with Crippen molar-refractivity contribution in [3.05, 3.63) is 65.4 Å². The van der Waals surface area contributed by atoms with E-state index in [1.807, 2.05) is 50.2 Å². The van der Waals surface area contributed by atoms with Gasteiger partial charge in [0.15, 0.2) is 0 Å². The van der Waals surface area contributed by atoms with E-state index in [1.54, 1.807) is 14.0 Å². The Hall–Kier alpha value is -3.72. The van der Waals surface area contributed by atoms with Gasteiger partial charge in [-0.3, -0.25) is 4.90 Å². The summed E-state index contributed by atoms with van der Waals surface area (Å²) in [5, 5.41) is 5.78. The molecule has 0 bridgehead atoms. The molecule has 2 N–H and O–H groups in total. The first-order valence-corrected chi connectivity index (χ1v) is 12.7. The fourth-order valence-corrected chi connectivity index (χ4v) is 4.63. The molecule has 0 spiro atoms. The van der Waals surface area contributed by atoms with Crippen LogP contribution in [0.4, 0.5) is 10.5 Å². The van der Waals surface area contributed by atoms with E-state index in [-0.39, 0.29) is 18.7 Å². The van der Waals surface area contributed by atoms with Crippen LogP contribution in [0.5, 0.6) is 11.5 Å². The second-order valence-electron chi connectivity index (χ2n) is 9.34. The Labute approximate surface area is 218 Å². The molecule has 2 aromatic carbocycles. The van der Waals surface area contributed by atoms with Gasteiger partial charge in [0.2, 0.25) is 0 Å². The maximum Gasteiger partial charge on any atom is 0.338 e. The van der Waals surface area contributed by atoms with E-state index in [0.29, 0.717) is 17.8 Å².